The third kappa shape index (κ3) is 1.02. The Bertz CT molecular complexity index is 409. The maximum absolute atomic E-state index is 5.50. The zero-order valence-electron chi connectivity index (χ0n) is 6.24. The maximum Gasteiger partial charge on any atom is 0.182 e. The van der Waals surface area contributed by atoms with Crippen molar-refractivity contribution in [2.45, 2.75) is 6.54 Å². The minimum absolute atomic E-state index is 0.431. The molecule has 2 aromatic rings. The third-order valence-corrected chi connectivity index (χ3v) is 2.23. The Kier molecular flexibility index (Phi) is 1.82. The Morgan fingerprint density at radius 1 is 1.58 bits per heavy atom. The van der Waals surface area contributed by atoms with Crippen LogP contribution in [0.4, 0.5) is 0 Å². The van der Waals surface area contributed by atoms with E-state index in [1.807, 2.05) is 10.6 Å². The molecule has 0 unspecified atom stereocenters. The van der Waals surface area contributed by atoms with E-state index in [2.05, 4.69) is 25.9 Å². The number of rotatable bonds is 1. The van der Waals surface area contributed by atoms with Crippen LogP contribution in [0.5, 0.6) is 0 Å². The molecule has 0 saturated heterocycles. The SMILES string of the molecule is NCc1nc(Br)n2ccncc12. The number of halogens is 1. The zero-order valence-corrected chi connectivity index (χ0v) is 7.82. The van der Waals surface area contributed by atoms with Gasteiger partial charge in [0.25, 0.3) is 0 Å². The number of fused-ring (bicyclic) bond motifs is 1. The van der Waals surface area contributed by atoms with Gasteiger partial charge in [0, 0.05) is 18.9 Å². The quantitative estimate of drug-likeness (QED) is 0.788. The van der Waals surface area contributed by atoms with E-state index in [1.165, 1.54) is 0 Å². The normalized spacial score (nSPS) is 10.8. The summed E-state index contributed by atoms with van der Waals surface area (Å²) in [5, 5.41) is 0. The number of hydrogen-bond donors (Lipinski definition) is 1. The van der Waals surface area contributed by atoms with Gasteiger partial charge in [0.05, 0.1) is 17.4 Å². The van der Waals surface area contributed by atoms with E-state index in [4.69, 9.17) is 5.73 Å². The average molecular weight is 227 g/mol. The summed E-state index contributed by atoms with van der Waals surface area (Å²) < 4.78 is 2.66. The van der Waals surface area contributed by atoms with Gasteiger partial charge in [0.15, 0.2) is 4.73 Å². The monoisotopic (exact) mass is 226 g/mol. The van der Waals surface area contributed by atoms with Crippen LogP contribution in [0.2, 0.25) is 0 Å². The molecule has 0 aliphatic carbocycles. The van der Waals surface area contributed by atoms with Crippen LogP contribution < -0.4 is 5.73 Å². The lowest BCUT2D eigenvalue weighted by Gasteiger charge is -1.92. The van der Waals surface area contributed by atoms with Gasteiger partial charge in [-0.3, -0.25) is 9.38 Å². The van der Waals surface area contributed by atoms with Crippen molar-refractivity contribution < 1.29 is 0 Å². The van der Waals surface area contributed by atoms with Crippen LogP contribution in [0.1, 0.15) is 5.69 Å². The third-order valence-electron chi connectivity index (χ3n) is 1.67. The first-order chi connectivity index (χ1) is 5.83. The first-order valence-corrected chi connectivity index (χ1v) is 4.28. The number of imidazole rings is 1. The predicted octanol–water partition coefficient (Wildman–Crippen LogP) is 0.951. The van der Waals surface area contributed by atoms with E-state index >= 15 is 0 Å². The summed E-state index contributed by atoms with van der Waals surface area (Å²) in [4.78, 5) is 8.22. The molecule has 2 aromatic heterocycles. The molecule has 2 rings (SSSR count). The van der Waals surface area contributed by atoms with Gasteiger partial charge >= 0.3 is 0 Å². The summed E-state index contributed by atoms with van der Waals surface area (Å²) in [5.74, 6) is 0. The molecule has 2 heterocycles. The van der Waals surface area contributed by atoms with E-state index in [-0.39, 0.29) is 0 Å². The minimum Gasteiger partial charge on any atom is -0.325 e. The second-order valence-corrected chi connectivity index (χ2v) is 3.07. The fourth-order valence-corrected chi connectivity index (χ4v) is 1.63. The summed E-state index contributed by atoms with van der Waals surface area (Å²) in [6.45, 7) is 0.431. The topological polar surface area (TPSA) is 56.2 Å². The molecule has 0 spiro atoms. The van der Waals surface area contributed by atoms with E-state index in [0.29, 0.717) is 6.54 Å². The smallest absolute Gasteiger partial charge is 0.182 e. The molecule has 5 heteroatoms. The van der Waals surface area contributed by atoms with Crippen LogP contribution in [-0.4, -0.2) is 14.4 Å². The lowest BCUT2D eigenvalue weighted by Crippen LogP contribution is -1.97. The van der Waals surface area contributed by atoms with E-state index in [1.54, 1.807) is 12.4 Å². The summed E-state index contributed by atoms with van der Waals surface area (Å²) in [5.41, 5.74) is 7.31. The molecular weight excluding hydrogens is 220 g/mol. The molecule has 0 fully saturated rings. The highest BCUT2D eigenvalue weighted by Gasteiger charge is 2.05. The van der Waals surface area contributed by atoms with Crippen molar-refractivity contribution in [3.05, 3.63) is 29.0 Å². The van der Waals surface area contributed by atoms with Crippen molar-refractivity contribution in [3.63, 3.8) is 0 Å². The van der Waals surface area contributed by atoms with Crippen molar-refractivity contribution in [3.8, 4) is 0 Å². The molecule has 0 saturated carbocycles. The van der Waals surface area contributed by atoms with Gasteiger partial charge in [0.2, 0.25) is 0 Å². The standard InChI is InChI=1S/C7H7BrN4/c8-7-11-5(3-9)6-4-10-1-2-12(6)7/h1-2,4H,3,9H2. The summed E-state index contributed by atoms with van der Waals surface area (Å²) >= 11 is 3.33. The van der Waals surface area contributed by atoms with Crippen molar-refractivity contribution in [1.82, 2.24) is 14.4 Å². The molecule has 0 atom stereocenters. The highest BCUT2D eigenvalue weighted by molar-refractivity contribution is 9.10. The van der Waals surface area contributed by atoms with Crippen LogP contribution in [0.15, 0.2) is 23.3 Å². The molecule has 0 aromatic carbocycles. The van der Waals surface area contributed by atoms with Crippen molar-refractivity contribution in [2.75, 3.05) is 0 Å². The predicted molar refractivity (Wildman–Crippen MR) is 48.6 cm³/mol. The first-order valence-electron chi connectivity index (χ1n) is 3.49. The van der Waals surface area contributed by atoms with Crippen molar-refractivity contribution in [2.24, 2.45) is 5.73 Å². The van der Waals surface area contributed by atoms with Crippen LogP contribution in [-0.2, 0) is 6.54 Å². The largest absolute Gasteiger partial charge is 0.325 e. The lowest BCUT2D eigenvalue weighted by molar-refractivity contribution is 1.01. The van der Waals surface area contributed by atoms with Gasteiger partial charge < -0.3 is 5.73 Å². The molecule has 0 bridgehead atoms. The van der Waals surface area contributed by atoms with Crippen LogP contribution in [0.3, 0.4) is 0 Å². The Hall–Kier alpha value is -0.940. The maximum atomic E-state index is 5.50. The number of aromatic nitrogens is 3. The lowest BCUT2D eigenvalue weighted by atomic mass is 10.4. The average Bonchev–Trinajstić information content (AvgIpc) is 2.44. The fourth-order valence-electron chi connectivity index (χ4n) is 1.11. The number of nitrogens with two attached hydrogens (primary N) is 1. The van der Waals surface area contributed by atoms with Crippen LogP contribution in [0, 0.1) is 0 Å². The molecule has 0 amide bonds. The van der Waals surface area contributed by atoms with E-state index in [9.17, 15) is 0 Å². The van der Waals surface area contributed by atoms with E-state index in [0.717, 1.165) is 15.9 Å². The number of hydrogen-bond acceptors (Lipinski definition) is 3. The molecule has 0 aliphatic heterocycles. The Labute approximate surface area is 77.6 Å². The van der Waals surface area contributed by atoms with Crippen LogP contribution in [0.25, 0.3) is 5.52 Å². The highest BCUT2D eigenvalue weighted by Crippen LogP contribution is 2.15. The summed E-state index contributed by atoms with van der Waals surface area (Å²) in [6, 6.07) is 0. The first kappa shape index (κ1) is 7.70. The van der Waals surface area contributed by atoms with E-state index < -0.39 is 0 Å². The summed E-state index contributed by atoms with van der Waals surface area (Å²) in [6.07, 6.45) is 5.30. The Balaban J connectivity index is 2.82. The number of nitrogens with zero attached hydrogens (tertiary/aromatic N) is 3. The highest BCUT2D eigenvalue weighted by atomic mass is 79.9. The fraction of sp³-hybridized carbons (Fsp3) is 0.143. The van der Waals surface area contributed by atoms with Crippen molar-refractivity contribution in [1.29, 1.82) is 0 Å². The van der Waals surface area contributed by atoms with Gasteiger partial charge in [-0.15, -0.1) is 0 Å². The minimum atomic E-state index is 0.431. The molecule has 0 radical (unpaired) electrons. The molecular formula is C7H7BrN4. The second-order valence-electron chi connectivity index (χ2n) is 2.36. The Morgan fingerprint density at radius 3 is 3.17 bits per heavy atom. The molecule has 12 heavy (non-hydrogen) atoms. The molecule has 62 valence electrons. The van der Waals surface area contributed by atoms with Crippen LogP contribution >= 0.6 is 15.9 Å². The zero-order chi connectivity index (χ0) is 8.55. The van der Waals surface area contributed by atoms with Gasteiger partial charge in [-0.1, -0.05) is 0 Å². The summed E-state index contributed by atoms with van der Waals surface area (Å²) in [7, 11) is 0. The van der Waals surface area contributed by atoms with Gasteiger partial charge in [-0.25, -0.2) is 4.98 Å². The van der Waals surface area contributed by atoms with Gasteiger partial charge in [-0.2, -0.15) is 0 Å². The van der Waals surface area contributed by atoms with Gasteiger partial charge in [0.1, 0.15) is 0 Å². The second kappa shape index (κ2) is 2.84. The van der Waals surface area contributed by atoms with Gasteiger partial charge in [-0.05, 0) is 15.9 Å². The van der Waals surface area contributed by atoms with Crippen molar-refractivity contribution >= 4 is 21.4 Å². The molecule has 2 N–H and O–H groups in total. The molecule has 4 nitrogen and oxygen atoms in total. The molecule has 0 aliphatic rings. The Morgan fingerprint density at radius 2 is 2.42 bits per heavy atom.